The molecule has 8 nitrogen and oxygen atoms in total. The first-order chi connectivity index (χ1) is 16.0. The minimum atomic E-state index is -0.348. The molecular formula is C24H21N5O3S. The zero-order valence-corrected chi connectivity index (χ0v) is 18.6. The van der Waals surface area contributed by atoms with Gasteiger partial charge in [-0.1, -0.05) is 42.1 Å². The van der Waals surface area contributed by atoms with Crippen molar-refractivity contribution in [2.75, 3.05) is 29.2 Å². The first-order valence-corrected chi connectivity index (χ1v) is 11.1. The zero-order chi connectivity index (χ0) is 23.4. The Morgan fingerprint density at radius 3 is 2.67 bits per heavy atom. The molecule has 0 aliphatic carbocycles. The van der Waals surface area contributed by atoms with E-state index >= 15 is 0 Å². The molecule has 1 aromatic heterocycles. The maximum atomic E-state index is 12.5. The third-order valence-electron chi connectivity index (χ3n) is 5.26. The number of carbonyl (C=O) groups is 2. The summed E-state index contributed by atoms with van der Waals surface area (Å²) in [4.78, 5) is 29.3. The molecule has 1 unspecified atom stereocenters. The Balaban J connectivity index is 1.63. The number of aromatic nitrogens is 1. The van der Waals surface area contributed by atoms with Crippen LogP contribution in [0.3, 0.4) is 0 Å². The number of nitriles is 1. The second kappa shape index (κ2) is 9.63. The van der Waals surface area contributed by atoms with Crippen LogP contribution in [0.1, 0.15) is 29.0 Å². The largest absolute Gasteiger partial charge is 0.497 e. The fraction of sp³-hybridized carbons (Fsp3) is 0.167. The number of hydrogen-bond donors (Lipinski definition) is 3. The third-order valence-corrected chi connectivity index (χ3v) is 6.24. The smallest absolute Gasteiger partial charge is 0.234 e. The SMILES string of the molecule is COc1ccc(C2CC(=O)Nc3c(C#N)c(SCC(=O)Nc4ccccc4)nc(N)c32)cc1. The predicted molar refractivity (Wildman–Crippen MR) is 127 cm³/mol. The number of para-hydroxylation sites is 1. The number of fused-ring (bicyclic) bond motifs is 1. The zero-order valence-electron chi connectivity index (χ0n) is 17.8. The van der Waals surface area contributed by atoms with Crippen molar-refractivity contribution in [1.82, 2.24) is 4.98 Å². The molecule has 0 spiro atoms. The first kappa shape index (κ1) is 22.2. The number of benzene rings is 2. The number of hydrogen-bond acceptors (Lipinski definition) is 7. The van der Waals surface area contributed by atoms with Crippen molar-refractivity contribution in [3.63, 3.8) is 0 Å². The second-order valence-corrected chi connectivity index (χ2v) is 8.32. The van der Waals surface area contributed by atoms with Gasteiger partial charge in [0.2, 0.25) is 11.8 Å². The van der Waals surface area contributed by atoms with Gasteiger partial charge in [-0.25, -0.2) is 4.98 Å². The van der Waals surface area contributed by atoms with Gasteiger partial charge in [0.15, 0.2) is 0 Å². The van der Waals surface area contributed by atoms with Crippen molar-refractivity contribution in [2.24, 2.45) is 0 Å². The highest BCUT2D eigenvalue weighted by Crippen LogP contribution is 2.44. The topological polar surface area (TPSA) is 130 Å². The highest BCUT2D eigenvalue weighted by atomic mass is 32.2. The number of rotatable bonds is 6. The molecule has 2 heterocycles. The van der Waals surface area contributed by atoms with E-state index in [1.165, 1.54) is 0 Å². The molecule has 2 amide bonds. The standard InChI is InChI=1S/C24H21N5O3S/c1-32-16-9-7-14(8-10-16)17-11-19(30)28-22-18(12-25)24(29-23(26)21(17)22)33-13-20(31)27-15-5-3-2-4-6-15/h2-10,17H,11,13H2,1H3,(H2,26,29)(H,27,31)(H,28,30). The van der Waals surface area contributed by atoms with Gasteiger partial charge in [-0.3, -0.25) is 9.59 Å². The van der Waals surface area contributed by atoms with E-state index in [2.05, 4.69) is 21.7 Å². The quantitative estimate of drug-likeness (QED) is 0.479. The van der Waals surface area contributed by atoms with Crippen molar-refractivity contribution in [1.29, 1.82) is 5.26 Å². The van der Waals surface area contributed by atoms with Crippen molar-refractivity contribution >= 4 is 40.8 Å². The molecule has 4 rings (SSSR count). The maximum Gasteiger partial charge on any atom is 0.234 e. The van der Waals surface area contributed by atoms with E-state index in [0.29, 0.717) is 27.7 Å². The lowest BCUT2D eigenvalue weighted by atomic mass is 9.84. The summed E-state index contributed by atoms with van der Waals surface area (Å²) in [5.41, 5.74) is 9.02. The van der Waals surface area contributed by atoms with Crippen LogP contribution in [0.5, 0.6) is 5.75 Å². The molecule has 0 fully saturated rings. The van der Waals surface area contributed by atoms with Crippen LogP contribution in [0.15, 0.2) is 59.6 Å². The number of nitrogens with two attached hydrogens (primary N) is 1. The van der Waals surface area contributed by atoms with E-state index in [1.807, 2.05) is 42.5 Å². The number of carbonyl (C=O) groups excluding carboxylic acids is 2. The first-order valence-electron chi connectivity index (χ1n) is 10.1. The van der Waals surface area contributed by atoms with Gasteiger partial charge in [0.1, 0.15) is 28.2 Å². The van der Waals surface area contributed by atoms with Crippen molar-refractivity contribution in [3.05, 3.63) is 71.3 Å². The Morgan fingerprint density at radius 2 is 2.00 bits per heavy atom. The minimum absolute atomic E-state index is 0.0324. The summed E-state index contributed by atoms with van der Waals surface area (Å²) in [6, 6.07) is 18.6. The van der Waals surface area contributed by atoms with Gasteiger partial charge < -0.3 is 21.1 Å². The van der Waals surface area contributed by atoms with Gasteiger partial charge in [-0.05, 0) is 29.8 Å². The van der Waals surface area contributed by atoms with E-state index in [9.17, 15) is 14.9 Å². The van der Waals surface area contributed by atoms with E-state index < -0.39 is 0 Å². The molecule has 4 N–H and O–H groups in total. The highest BCUT2D eigenvalue weighted by Gasteiger charge is 2.33. The van der Waals surface area contributed by atoms with E-state index in [0.717, 1.165) is 17.3 Å². The number of amides is 2. The fourth-order valence-corrected chi connectivity index (χ4v) is 4.53. The Hall–Kier alpha value is -4.03. The van der Waals surface area contributed by atoms with Gasteiger partial charge in [0.25, 0.3) is 0 Å². The number of methoxy groups -OCH3 is 1. The van der Waals surface area contributed by atoms with Gasteiger partial charge in [0.05, 0.1) is 18.6 Å². The monoisotopic (exact) mass is 459 g/mol. The summed E-state index contributed by atoms with van der Waals surface area (Å²) in [7, 11) is 1.58. The Bertz CT molecular complexity index is 1240. The number of nitrogen functional groups attached to an aromatic ring is 1. The number of nitrogens with one attached hydrogen (secondary N) is 2. The van der Waals surface area contributed by atoms with Crippen molar-refractivity contribution in [3.8, 4) is 11.8 Å². The normalized spacial score (nSPS) is 14.5. The summed E-state index contributed by atoms with van der Waals surface area (Å²) in [5, 5.41) is 15.7. The second-order valence-electron chi connectivity index (χ2n) is 7.36. The van der Waals surface area contributed by atoms with Crippen LogP contribution in [-0.2, 0) is 9.59 Å². The minimum Gasteiger partial charge on any atom is -0.497 e. The highest BCUT2D eigenvalue weighted by molar-refractivity contribution is 8.00. The summed E-state index contributed by atoms with van der Waals surface area (Å²) in [5.74, 6) is 0.139. The molecule has 166 valence electrons. The van der Waals surface area contributed by atoms with Gasteiger partial charge in [0, 0.05) is 23.6 Å². The van der Waals surface area contributed by atoms with E-state index in [1.54, 1.807) is 19.2 Å². The molecule has 0 saturated heterocycles. The number of thioether (sulfide) groups is 1. The Labute approximate surface area is 195 Å². The van der Waals surface area contributed by atoms with Crippen molar-refractivity contribution in [2.45, 2.75) is 17.4 Å². The van der Waals surface area contributed by atoms with Crippen LogP contribution in [0, 0.1) is 11.3 Å². The summed E-state index contributed by atoms with van der Waals surface area (Å²) in [6.07, 6.45) is 0.183. The summed E-state index contributed by atoms with van der Waals surface area (Å²) >= 11 is 1.10. The number of nitrogens with zero attached hydrogens (tertiary/aromatic N) is 2. The predicted octanol–water partition coefficient (Wildman–Crippen LogP) is 3.75. The summed E-state index contributed by atoms with van der Waals surface area (Å²) < 4.78 is 5.21. The number of ether oxygens (including phenoxy) is 1. The molecule has 9 heteroatoms. The Kier molecular flexibility index (Phi) is 6.47. The molecule has 0 saturated carbocycles. The molecule has 1 aliphatic rings. The van der Waals surface area contributed by atoms with Crippen LogP contribution in [0.2, 0.25) is 0 Å². The summed E-state index contributed by atoms with van der Waals surface area (Å²) in [6.45, 7) is 0. The lowest BCUT2D eigenvalue weighted by Crippen LogP contribution is -2.26. The Morgan fingerprint density at radius 1 is 1.27 bits per heavy atom. The average Bonchev–Trinajstić information content (AvgIpc) is 2.83. The van der Waals surface area contributed by atoms with Crippen molar-refractivity contribution < 1.29 is 14.3 Å². The lowest BCUT2D eigenvalue weighted by molar-refractivity contribution is -0.116. The maximum absolute atomic E-state index is 12.5. The lowest BCUT2D eigenvalue weighted by Gasteiger charge is -2.28. The van der Waals surface area contributed by atoms with E-state index in [-0.39, 0.29) is 41.3 Å². The number of pyridine rings is 1. The van der Waals surface area contributed by atoms with Gasteiger partial charge in [-0.15, -0.1) is 0 Å². The molecule has 0 bridgehead atoms. The van der Waals surface area contributed by atoms with Crippen LogP contribution < -0.4 is 21.1 Å². The van der Waals surface area contributed by atoms with Crippen LogP contribution >= 0.6 is 11.8 Å². The molecule has 33 heavy (non-hydrogen) atoms. The van der Waals surface area contributed by atoms with Gasteiger partial charge >= 0.3 is 0 Å². The number of anilines is 3. The molecule has 1 aliphatic heterocycles. The third kappa shape index (κ3) is 4.76. The van der Waals surface area contributed by atoms with Crippen LogP contribution in [0.4, 0.5) is 17.2 Å². The molecule has 3 aromatic rings. The van der Waals surface area contributed by atoms with Crippen LogP contribution in [-0.4, -0.2) is 29.7 Å². The molecule has 0 radical (unpaired) electrons. The van der Waals surface area contributed by atoms with E-state index in [4.69, 9.17) is 10.5 Å². The fourth-order valence-electron chi connectivity index (χ4n) is 3.74. The molecule has 2 aromatic carbocycles. The van der Waals surface area contributed by atoms with Gasteiger partial charge in [-0.2, -0.15) is 5.26 Å². The van der Waals surface area contributed by atoms with Crippen LogP contribution in [0.25, 0.3) is 0 Å². The molecule has 1 atom stereocenters. The molecular weight excluding hydrogens is 438 g/mol. The average molecular weight is 460 g/mol.